The van der Waals surface area contributed by atoms with Gasteiger partial charge in [-0.1, -0.05) is 12.5 Å². The maximum atomic E-state index is 9.59. The van der Waals surface area contributed by atoms with Gasteiger partial charge in [-0.15, -0.1) is 0 Å². The molecule has 1 fully saturated rings. The lowest BCUT2D eigenvalue weighted by molar-refractivity contribution is 0.113. The topological polar surface area (TPSA) is 61.8 Å². The molecule has 2 aromatic rings. The molecule has 2 heterocycles. The number of aromatic nitrogens is 3. The van der Waals surface area contributed by atoms with Crippen LogP contribution in [-0.4, -0.2) is 26.7 Å². The fraction of sp³-hybridized carbons (Fsp3) is 0.429. The summed E-state index contributed by atoms with van der Waals surface area (Å²) in [4.78, 5) is 12.3. The van der Waals surface area contributed by atoms with E-state index in [0.29, 0.717) is 0 Å². The molecule has 94 valence electrons. The third kappa shape index (κ3) is 1.64. The summed E-state index contributed by atoms with van der Waals surface area (Å²) in [6.07, 6.45) is 4.96. The number of aromatic amines is 1. The predicted molar refractivity (Wildman–Crippen MR) is 69.2 cm³/mol. The van der Waals surface area contributed by atoms with Crippen molar-refractivity contribution < 1.29 is 5.11 Å². The van der Waals surface area contributed by atoms with Crippen molar-refractivity contribution in [3.05, 3.63) is 35.9 Å². The van der Waals surface area contributed by atoms with E-state index in [9.17, 15) is 5.11 Å². The smallest absolute Gasteiger partial charge is 0.115 e. The van der Waals surface area contributed by atoms with Crippen LogP contribution in [0.25, 0.3) is 11.4 Å². The number of hydrogen-bond acceptors (Lipinski definition) is 3. The molecule has 0 unspecified atom stereocenters. The molecule has 2 N–H and O–H groups in total. The normalized spacial score (nSPS) is 17.4. The summed E-state index contributed by atoms with van der Waals surface area (Å²) in [6, 6.07) is 5.81. The molecule has 0 atom stereocenters. The van der Waals surface area contributed by atoms with E-state index in [2.05, 4.69) is 15.0 Å². The van der Waals surface area contributed by atoms with Crippen molar-refractivity contribution in [2.45, 2.75) is 31.6 Å². The van der Waals surface area contributed by atoms with Gasteiger partial charge in [0.25, 0.3) is 0 Å². The lowest BCUT2D eigenvalue weighted by atomic mass is 9.69. The second kappa shape index (κ2) is 4.21. The van der Waals surface area contributed by atoms with E-state index in [-0.39, 0.29) is 12.0 Å². The molecular weight excluding hydrogens is 226 g/mol. The Hall–Kier alpha value is -1.68. The first-order chi connectivity index (χ1) is 8.75. The van der Waals surface area contributed by atoms with Crippen LogP contribution in [0.15, 0.2) is 24.4 Å². The minimum Gasteiger partial charge on any atom is -0.395 e. The number of aliphatic hydroxyl groups is 1. The van der Waals surface area contributed by atoms with Gasteiger partial charge in [0.05, 0.1) is 17.7 Å². The number of hydrogen-bond donors (Lipinski definition) is 2. The van der Waals surface area contributed by atoms with E-state index in [4.69, 9.17) is 0 Å². The van der Waals surface area contributed by atoms with E-state index >= 15 is 0 Å². The molecule has 0 amide bonds. The SMILES string of the molecule is Cc1[nH]c(C2(CO)CCC2)nc1-c1ccccn1. The minimum absolute atomic E-state index is 0.141. The molecule has 1 saturated carbocycles. The van der Waals surface area contributed by atoms with Crippen molar-refractivity contribution in [3.63, 3.8) is 0 Å². The Bertz CT molecular complexity index is 538. The number of rotatable bonds is 3. The summed E-state index contributed by atoms with van der Waals surface area (Å²) < 4.78 is 0. The van der Waals surface area contributed by atoms with Gasteiger partial charge >= 0.3 is 0 Å². The maximum Gasteiger partial charge on any atom is 0.115 e. The third-order valence-corrected chi connectivity index (χ3v) is 3.91. The highest BCUT2D eigenvalue weighted by Gasteiger charge is 2.41. The third-order valence-electron chi connectivity index (χ3n) is 3.91. The monoisotopic (exact) mass is 243 g/mol. The Kier molecular flexibility index (Phi) is 2.67. The van der Waals surface area contributed by atoms with Gasteiger partial charge < -0.3 is 10.1 Å². The van der Waals surface area contributed by atoms with Crippen molar-refractivity contribution in [1.29, 1.82) is 0 Å². The van der Waals surface area contributed by atoms with E-state index in [1.165, 1.54) is 6.42 Å². The van der Waals surface area contributed by atoms with Crippen molar-refractivity contribution in [3.8, 4) is 11.4 Å². The summed E-state index contributed by atoms with van der Waals surface area (Å²) in [6.45, 7) is 2.17. The first-order valence-corrected chi connectivity index (χ1v) is 6.34. The Morgan fingerprint density at radius 2 is 2.22 bits per heavy atom. The van der Waals surface area contributed by atoms with Crippen molar-refractivity contribution in [1.82, 2.24) is 15.0 Å². The maximum absolute atomic E-state index is 9.59. The second-order valence-electron chi connectivity index (χ2n) is 5.07. The Morgan fingerprint density at radius 1 is 1.39 bits per heavy atom. The van der Waals surface area contributed by atoms with E-state index in [0.717, 1.165) is 35.7 Å². The summed E-state index contributed by atoms with van der Waals surface area (Å²) in [5.41, 5.74) is 2.65. The molecule has 0 aromatic carbocycles. The number of pyridine rings is 1. The molecule has 4 nitrogen and oxygen atoms in total. The largest absolute Gasteiger partial charge is 0.395 e. The number of aliphatic hydroxyl groups excluding tert-OH is 1. The molecule has 0 bridgehead atoms. The Balaban J connectivity index is 2.01. The molecule has 0 spiro atoms. The summed E-state index contributed by atoms with van der Waals surface area (Å²) in [5, 5.41) is 9.59. The van der Waals surface area contributed by atoms with E-state index in [1.54, 1.807) is 6.20 Å². The average Bonchev–Trinajstić information content (AvgIpc) is 2.72. The number of H-pyrrole nitrogens is 1. The summed E-state index contributed by atoms with van der Waals surface area (Å²) in [7, 11) is 0. The number of imidazole rings is 1. The lowest BCUT2D eigenvalue weighted by Crippen LogP contribution is -2.39. The van der Waals surface area contributed by atoms with Crippen molar-refractivity contribution >= 4 is 0 Å². The van der Waals surface area contributed by atoms with E-state index < -0.39 is 0 Å². The lowest BCUT2D eigenvalue weighted by Gasteiger charge is -2.38. The van der Waals surface area contributed by atoms with Crippen LogP contribution < -0.4 is 0 Å². The van der Waals surface area contributed by atoms with Gasteiger partial charge in [0.2, 0.25) is 0 Å². The molecular formula is C14H17N3O. The van der Waals surface area contributed by atoms with Crippen molar-refractivity contribution in [2.24, 2.45) is 0 Å². The van der Waals surface area contributed by atoms with Crippen LogP contribution >= 0.6 is 0 Å². The molecule has 1 aliphatic carbocycles. The zero-order valence-electron chi connectivity index (χ0n) is 10.5. The first kappa shape index (κ1) is 11.4. The van der Waals surface area contributed by atoms with Gasteiger partial charge in [-0.05, 0) is 31.9 Å². The zero-order chi connectivity index (χ0) is 12.6. The van der Waals surface area contributed by atoms with Crippen LogP contribution in [-0.2, 0) is 5.41 Å². The van der Waals surface area contributed by atoms with Crippen LogP contribution in [0, 0.1) is 6.92 Å². The quantitative estimate of drug-likeness (QED) is 0.868. The van der Waals surface area contributed by atoms with E-state index in [1.807, 2.05) is 25.1 Å². The molecule has 1 aliphatic rings. The van der Waals surface area contributed by atoms with Crippen molar-refractivity contribution in [2.75, 3.05) is 6.61 Å². The minimum atomic E-state index is -0.141. The van der Waals surface area contributed by atoms with Gasteiger partial charge in [-0.2, -0.15) is 0 Å². The summed E-state index contributed by atoms with van der Waals surface area (Å²) in [5.74, 6) is 0.911. The molecule has 18 heavy (non-hydrogen) atoms. The molecule has 0 saturated heterocycles. The first-order valence-electron chi connectivity index (χ1n) is 6.34. The molecule has 3 rings (SSSR count). The fourth-order valence-corrected chi connectivity index (χ4v) is 2.54. The number of nitrogens with zero attached hydrogens (tertiary/aromatic N) is 2. The van der Waals surface area contributed by atoms with Crippen LogP contribution in [0.1, 0.15) is 30.8 Å². The van der Waals surface area contributed by atoms with Crippen LogP contribution in [0.5, 0.6) is 0 Å². The van der Waals surface area contributed by atoms with Gasteiger partial charge in [-0.25, -0.2) is 4.98 Å². The van der Waals surface area contributed by atoms with Gasteiger partial charge in [0, 0.05) is 11.9 Å². The van der Waals surface area contributed by atoms with Gasteiger partial charge in [-0.3, -0.25) is 4.98 Å². The Labute approximate surface area is 106 Å². The second-order valence-corrected chi connectivity index (χ2v) is 5.07. The van der Waals surface area contributed by atoms with Gasteiger partial charge in [0.15, 0.2) is 0 Å². The fourth-order valence-electron chi connectivity index (χ4n) is 2.54. The average molecular weight is 243 g/mol. The van der Waals surface area contributed by atoms with Crippen LogP contribution in [0.2, 0.25) is 0 Å². The molecule has 0 aliphatic heterocycles. The number of aryl methyl sites for hydroxylation is 1. The van der Waals surface area contributed by atoms with Crippen LogP contribution in [0.4, 0.5) is 0 Å². The van der Waals surface area contributed by atoms with Gasteiger partial charge in [0.1, 0.15) is 11.5 Å². The highest BCUT2D eigenvalue weighted by atomic mass is 16.3. The zero-order valence-corrected chi connectivity index (χ0v) is 10.5. The number of nitrogens with one attached hydrogen (secondary N) is 1. The Morgan fingerprint density at radius 3 is 2.78 bits per heavy atom. The molecule has 4 heteroatoms. The highest BCUT2D eigenvalue weighted by molar-refractivity contribution is 5.57. The molecule has 0 radical (unpaired) electrons. The highest BCUT2D eigenvalue weighted by Crippen LogP contribution is 2.42. The predicted octanol–water partition coefficient (Wildman–Crippen LogP) is 2.19. The standard InChI is InChI=1S/C14H17N3O/c1-10-12(11-5-2-3-8-15-11)17-13(16-10)14(9-18)6-4-7-14/h2-3,5,8,18H,4,6-7,9H2,1H3,(H,16,17). The van der Waals surface area contributed by atoms with Crippen LogP contribution in [0.3, 0.4) is 0 Å². The molecule has 2 aromatic heterocycles. The summed E-state index contributed by atoms with van der Waals surface area (Å²) >= 11 is 0.